The summed E-state index contributed by atoms with van der Waals surface area (Å²) < 4.78 is 10.9. The lowest BCUT2D eigenvalue weighted by atomic mass is 9.94. The molecular formula is C20H19NO4. The van der Waals surface area contributed by atoms with E-state index in [2.05, 4.69) is 5.16 Å². The number of carboxylic acid groups (broad SMARTS) is 1. The first kappa shape index (κ1) is 16.9. The third kappa shape index (κ3) is 3.78. The number of aromatic carboxylic acids is 1. The first-order valence-electron chi connectivity index (χ1n) is 7.94. The summed E-state index contributed by atoms with van der Waals surface area (Å²) in [5.74, 6) is -1.12. The van der Waals surface area contributed by atoms with E-state index in [1.165, 1.54) is 6.26 Å². The Morgan fingerprint density at radius 1 is 1.16 bits per heavy atom. The lowest BCUT2D eigenvalue weighted by molar-refractivity contribution is -0.0336. The fraction of sp³-hybridized carbons (Fsp3) is 0.200. The molecule has 1 heterocycles. The number of nitrogens with zero attached hydrogens (tertiary/aromatic N) is 1. The highest BCUT2D eigenvalue weighted by atomic mass is 16.5. The molecule has 0 atom stereocenters. The molecule has 5 heteroatoms. The van der Waals surface area contributed by atoms with Gasteiger partial charge in [0.05, 0.1) is 17.8 Å². The molecule has 0 aliphatic rings. The van der Waals surface area contributed by atoms with Crippen LogP contribution in [0, 0.1) is 0 Å². The standard InChI is InChI=1S/C20H19NO4/c1-20(2,24-12-14-7-4-3-5-8-14)16-10-6-9-15(11-16)17-13-25-21-18(17)19(22)23/h3-11,13H,12H2,1-2H3,(H,22,23). The van der Waals surface area contributed by atoms with E-state index in [-0.39, 0.29) is 5.69 Å². The van der Waals surface area contributed by atoms with Crippen molar-refractivity contribution < 1.29 is 19.2 Å². The highest BCUT2D eigenvalue weighted by Gasteiger charge is 2.23. The van der Waals surface area contributed by atoms with Crippen LogP contribution in [0.5, 0.6) is 0 Å². The van der Waals surface area contributed by atoms with Crippen molar-refractivity contribution in [3.63, 3.8) is 0 Å². The smallest absolute Gasteiger partial charge is 0.358 e. The topological polar surface area (TPSA) is 72.6 Å². The van der Waals surface area contributed by atoms with Crippen LogP contribution in [0.2, 0.25) is 0 Å². The normalized spacial score (nSPS) is 11.4. The number of ether oxygens (including phenoxy) is 1. The fourth-order valence-electron chi connectivity index (χ4n) is 2.58. The lowest BCUT2D eigenvalue weighted by Gasteiger charge is -2.26. The summed E-state index contributed by atoms with van der Waals surface area (Å²) in [6.07, 6.45) is 1.35. The SMILES string of the molecule is CC(C)(OCc1ccccc1)c1cccc(-c2conc2C(=O)O)c1. The van der Waals surface area contributed by atoms with Gasteiger partial charge >= 0.3 is 5.97 Å². The van der Waals surface area contributed by atoms with Crippen molar-refractivity contribution >= 4 is 5.97 Å². The Morgan fingerprint density at radius 2 is 1.92 bits per heavy atom. The molecule has 128 valence electrons. The molecule has 3 rings (SSSR count). The maximum Gasteiger partial charge on any atom is 0.358 e. The van der Waals surface area contributed by atoms with Crippen molar-refractivity contribution in [2.75, 3.05) is 0 Å². The minimum absolute atomic E-state index is 0.0971. The predicted molar refractivity (Wildman–Crippen MR) is 93.2 cm³/mol. The second-order valence-electron chi connectivity index (χ2n) is 6.25. The van der Waals surface area contributed by atoms with Crippen LogP contribution >= 0.6 is 0 Å². The number of hydrogen-bond acceptors (Lipinski definition) is 4. The van der Waals surface area contributed by atoms with Gasteiger partial charge in [-0.2, -0.15) is 0 Å². The average molecular weight is 337 g/mol. The third-order valence-corrected chi connectivity index (χ3v) is 4.08. The Kier molecular flexibility index (Phi) is 4.67. The van der Waals surface area contributed by atoms with E-state index < -0.39 is 11.6 Å². The van der Waals surface area contributed by atoms with Gasteiger partial charge in [-0.3, -0.25) is 0 Å². The predicted octanol–water partition coefficient (Wildman–Crippen LogP) is 4.49. The Balaban J connectivity index is 1.85. The highest BCUT2D eigenvalue weighted by Crippen LogP contribution is 2.31. The number of hydrogen-bond donors (Lipinski definition) is 1. The van der Waals surface area contributed by atoms with E-state index in [1.807, 2.05) is 68.4 Å². The molecule has 0 aliphatic carbocycles. The molecule has 0 spiro atoms. The quantitative estimate of drug-likeness (QED) is 0.717. The number of carbonyl (C=O) groups is 1. The van der Waals surface area contributed by atoms with Crippen molar-refractivity contribution in [3.8, 4) is 11.1 Å². The van der Waals surface area contributed by atoms with Gasteiger partial charge in [-0.25, -0.2) is 4.79 Å². The molecule has 0 saturated heterocycles. The van der Waals surface area contributed by atoms with Crippen LogP contribution in [0.1, 0.15) is 35.5 Å². The van der Waals surface area contributed by atoms with Crippen LogP contribution in [0.15, 0.2) is 65.4 Å². The zero-order valence-electron chi connectivity index (χ0n) is 14.1. The van der Waals surface area contributed by atoms with Crippen molar-refractivity contribution in [3.05, 3.63) is 77.7 Å². The minimum Gasteiger partial charge on any atom is -0.476 e. The maximum atomic E-state index is 11.3. The van der Waals surface area contributed by atoms with Gasteiger partial charge in [0.1, 0.15) is 6.26 Å². The molecule has 1 aromatic heterocycles. The summed E-state index contributed by atoms with van der Waals surface area (Å²) in [7, 11) is 0. The van der Waals surface area contributed by atoms with Gasteiger partial charge in [0.2, 0.25) is 0 Å². The van der Waals surface area contributed by atoms with Crippen LogP contribution in [0.3, 0.4) is 0 Å². The average Bonchev–Trinajstić information content (AvgIpc) is 3.11. The van der Waals surface area contributed by atoms with Crippen molar-refractivity contribution in [2.24, 2.45) is 0 Å². The second-order valence-corrected chi connectivity index (χ2v) is 6.25. The molecular weight excluding hydrogens is 318 g/mol. The molecule has 0 bridgehead atoms. The van der Waals surface area contributed by atoms with Gasteiger partial charge in [-0.15, -0.1) is 0 Å². The summed E-state index contributed by atoms with van der Waals surface area (Å²) >= 11 is 0. The number of rotatable bonds is 6. The molecule has 0 amide bonds. The van der Waals surface area contributed by atoms with Crippen molar-refractivity contribution in [1.82, 2.24) is 5.16 Å². The second kappa shape index (κ2) is 6.91. The highest BCUT2D eigenvalue weighted by molar-refractivity contribution is 5.93. The molecule has 0 aliphatic heterocycles. The van der Waals surface area contributed by atoms with Crippen LogP contribution in [-0.2, 0) is 16.9 Å². The zero-order valence-corrected chi connectivity index (χ0v) is 14.1. The molecule has 0 radical (unpaired) electrons. The Morgan fingerprint density at radius 3 is 2.64 bits per heavy atom. The summed E-state index contributed by atoms with van der Waals surface area (Å²) in [5, 5.41) is 12.8. The Bertz CT molecular complexity index is 868. The molecule has 2 aromatic carbocycles. The van der Waals surface area contributed by atoms with E-state index >= 15 is 0 Å². The Hall–Kier alpha value is -2.92. The van der Waals surface area contributed by atoms with E-state index in [4.69, 9.17) is 9.26 Å². The monoisotopic (exact) mass is 337 g/mol. The summed E-state index contributed by atoms with van der Waals surface area (Å²) in [4.78, 5) is 11.3. The summed E-state index contributed by atoms with van der Waals surface area (Å²) in [5.41, 5.74) is 2.59. The van der Waals surface area contributed by atoms with Crippen LogP contribution in [-0.4, -0.2) is 16.2 Å². The number of carboxylic acids is 1. The first-order chi connectivity index (χ1) is 12.0. The molecule has 3 aromatic rings. The minimum atomic E-state index is -1.12. The largest absolute Gasteiger partial charge is 0.476 e. The van der Waals surface area contributed by atoms with Crippen LogP contribution in [0.25, 0.3) is 11.1 Å². The Labute approximate surface area is 145 Å². The lowest BCUT2D eigenvalue weighted by Crippen LogP contribution is -2.21. The maximum absolute atomic E-state index is 11.3. The van der Waals surface area contributed by atoms with Gasteiger partial charge < -0.3 is 14.4 Å². The molecule has 0 unspecified atom stereocenters. The van der Waals surface area contributed by atoms with E-state index in [0.717, 1.165) is 16.7 Å². The van der Waals surface area contributed by atoms with Crippen molar-refractivity contribution in [2.45, 2.75) is 26.1 Å². The third-order valence-electron chi connectivity index (χ3n) is 4.08. The van der Waals surface area contributed by atoms with Gasteiger partial charge in [-0.05, 0) is 36.6 Å². The first-order valence-corrected chi connectivity index (χ1v) is 7.94. The molecule has 0 saturated carbocycles. The van der Waals surface area contributed by atoms with Gasteiger partial charge in [0.25, 0.3) is 0 Å². The van der Waals surface area contributed by atoms with E-state index in [1.54, 1.807) is 0 Å². The number of aromatic nitrogens is 1. The molecule has 25 heavy (non-hydrogen) atoms. The van der Waals surface area contributed by atoms with Crippen LogP contribution in [0.4, 0.5) is 0 Å². The zero-order chi connectivity index (χ0) is 17.9. The van der Waals surface area contributed by atoms with Crippen LogP contribution < -0.4 is 0 Å². The molecule has 1 N–H and O–H groups in total. The summed E-state index contributed by atoms with van der Waals surface area (Å²) in [6, 6.07) is 17.5. The van der Waals surface area contributed by atoms with Gasteiger partial charge in [0.15, 0.2) is 5.69 Å². The van der Waals surface area contributed by atoms with Gasteiger partial charge in [-0.1, -0.05) is 53.7 Å². The summed E-state index contributed by atoms with van der Waals surface area (Å²) in [6.45, 7) is 4.47. The van der Waals surface area contributed by atoms with E-state index in [9.17, 15) is 9.90 Å². The number of benzene rings is 2. The fourth-order valence-corrected chi connectivity index (χ4v) is 2.58. The molecule has 5 nitrogen and oxygen atoms in total. The van der Waals surface area contributed by atoms with E-state index in [0.29, 0.717) is 12.2 Å². The van der Waals surface area contributed by atoms with Gasteiger partial charge in [0, 0.05) is 0 Å². The molecule has 0 fully saturated rings. The van der Waals surface area contributed by atoms with Crippen molar-refractivity contribution in [1.29, 1.82) is 0 Å².